The van der Waals surface area contributed by atoms with Crippen molar-refractivity contribution in [1.29, 1.82) is 0 Å². The van der Waals surface area contributed by atoms with E-state index in [1.165, 1.54) is 0 Å². The van der Waals surface area contributed by atoms with E-state index < -0.39 is 0 Å². The van der Waals surface area contributed by atoms with Crippen molar-refractivity contribution in [1.82, 2.24) is 10.3 Å². The maximum Gasteiger partial charge on any atom is 0.121 e. The van der Waals surface area contributed by atoms with Crippen molar-refractivity contribution >= 4 is 10.9 Å². The summed E-state index contributed by atoms with van der Waals surface area (Å²) in [4.78, 5) is 4.32. The standard InChI is InChI=1S/C13H14N2O/c1-2-10-3-4-11(8-13(10)15-6-1)16-12-5-7-14-9-12/h1-4,6,8,12,14H,5,7,9H2. The number of aromatic nitrogens is 1. The Labute approximate surface area is 94.5 Å². The Balaban J connectivity index is 1.86. The van der Waals surface area contributed by atoms with Gasteiger partial charge in [0, 0.05) is 24.2 Å². The van der Waals surface area contributed by atoms with Crippen LogP contribution in [0.5, 0.6) is 5.75 Å². The molecule has 3 nitrogen and oxygen atoms in total. The zero-order valence-corrected chi connectivity index (χ0v) is 9.02. The predicted octanol–water partition coefficient (Wildman–Crippen LogP) is 1.98. The second-order valence-corrected chi connectivity index (χ2v) is 4.09. The number of pyridine rings is 1. The van der Waals surface area contributed by atoms with E-state index in [4.69, 9.17) is 4.74 Å². The largest absolute Gasteiger partial charge is 0.489 e. The number of nitrogens with one attached hydrogen (secondary N) is 1. The smallest absolute Gasteiger partial charge is 0.121 e. The average Bonchev–Trinajstić information content (AvgIpc) is 2.82. The van der Waals surface area contributed by atoms with Crippen LogP contribution in [0.4, 0.5) is 0 Å². The topological polar surface area (TPSA) is 34.1 Å². The van der Waals surface area contributed by atoms with Gasteiger partial charge in [0.2, 0.25) is 0 Å². The first-order valence-corrected chi connectivity index (χ1v) is 5.64. The van der Waals surface area contributed by atoms with Crippen molar-refractivity contribution in [3.63, 3.8) is 0 Å². The van der Waals surface area contributed by atoms with E-state index >= 15 is 0 Å². The van der Waals surface area contributed by atoms with Gasteiger partial charge >= 0.3 is 0 Å². The summed E-state index contributed by atoms with van der Waals surface area (Å²) < 4.78 is 5.88. The van der Waals surface area contributed by atoms with Gasteiger partial charge < -0.3 is 10.1 Å². The molecule has 1 unspecified atom stereocenters. The first-order valence-electron chi connectivity index (χ1n) is 5.64. The fourth-order valence-electron chi connectivity index (χ4n) is 2.04. The molecule has 0 spiro atoms. The first kappa shape index (κ1) is 9.60. The lowest BCUT2D eigenvalue weighted by Gasteiger charge is -2.12. The lowest BCUT2D eigenvalue weighted by atomic mass is 10.2. The van der Waals surface area contributed by atoms with Crippen molar-refractivity contribution in [3.05, 3.63) is 36.5 Å². The maximum absolute atomic E-state index is 5.88. The highest BCUT2D eigenvalue weighted by atomic mass is 16.5. The molecule has 0 bridgehead atoms. The zero-order chi connectivity index (χ0) is 10.8. The summed E-state index contributed by atoms with van der Waals surface area (Å²) in [6.07, 6.45) is 3.20. The molecule has 1 aromatic heterocycles. The summed E-state index contributed by atoms with van der Waals surface area (Å²) in [6.45, 7) is 2.00. The van der Waals surface area contributed by atoms with Gasteiger partial charge in [0.25, 0.3) is 0 Å². The highest BCUT2D eigenvalue weighted by Crippen LogP contribution is 2.20. The predicted molar refractivity (Wildman–Crippen MR) is 63.6 cm³/mol. The van der Waals surface area contributed by atoms with Crippen LogP contribution in [-0.2, 0) is 0 Å². The molecule has 1 aliphatic heterocycles. The number of benzene rings is 1. The van der Waals surface area contributed by atoms with E-state index in [1.54, 1.807) is 0 Å². The molecule has 0 radical (unpaired) electrons. The van der Waals surface area contributed by atoms with Crippen LogP contribution in [0.1, 0.15) is 6.42 Å². The molecule has 16 heavy (non-hydrogen) atoms. The van der Waals surface area contributed by atoms with E-state index in [0.717, 1.165) is 36.2 Å². The molecule has 3 heteroatoms. The average molecular weight is 214 g/mol. The molecule has 0 aliphatic carbocycles. The molecule has 2 aromatic rings. The Kier molecular flexibility index (Phi) is 2.46. The van der Waals surface area contributed by atoms with Crippen molar-refractivity contribution in [2.24, 2.45) is 0 Å². The van der Waals surface area contributed by atoms with Crippen LogP contribution in [0, 0.1) is 0 Å². The van der Waals surface area contributed by atoms with Crippen LogP contribution in [-0.4, -0.2) is 24.2 Å². The lowest BCUT2D eigenvalue weighted by Crippen LogP contribution is -2.19. The third-order valence-electron chi connectivity index (χ3n) is 2.90. The minimum Gasteiger partial charge on any atom is -0.489 e. The summed E-state index contributed by atoms with van der Waals surface area (Å²) in [5.74, 6) is 0.917. The Morgan fingerprint density at radius 3 is 3.19 bits per heavy atom. The summed E-state index contributed by atoms with van der Waals surface area (Å²) >= 11 is 0. The van der Waals surface area contributed by atoms with Gasteiger partial charge in [-0.15, -0.1) is 0 Å². The van der Waals surface area contributed by atoms with Crippen LogP contribution < -0.4 is 10.1 Å². The summed E-state index contributed by atoms with van der Waals surface area (Å²) in [6, 6.07) is 10.1. The molecule has 2 heterocycles. The number of nitrogens with zero attached hydrogens (tertiary/aromatic N) is 1. The van der Waals surface area contributed by atoms with Crippen molar-refractivity contribution in [3.8, 4) is 5.75 Å². The van der Waals surface area contributed by atoms with Gasteiger partial charge in [0.05, 0.1) is 5.52 Å². The molecule has 1 aliphatic rings. The van der Waals surface area contributed by atoms with Crippen LogP contribution in [0.25, 0.3) is 10.9 Å². The molecule has 1 aromatic carbocycles. The van der Waals surface area contributed by atoms with Gasteiger partial charge in [-0.1, -0.05) is 6.07 Å². The molecule has 0 amide bonds. The highest BCUT2D eigenvalue weighted by molar-refractivity contribution is 5.79. The van der Waals surface area contributed by atoms with E-state index in [0.29, 0.717) is 6.10 Å². The third-order valence-corrected chi connectivity index (χ3v) is 2.90. The second kappa shape index (κ2) is 4.10. The van der Waals surface area contributed by atoms with E-state index in [-0.39, 0.29) is 0 Å². The normalized spacial score (nSPS) is 20.1. The zero-order valence-electron chi connectivity index (χ0n) is 9.02. The fraction of sp³-hybridized carbons (Fsp3) is 0.308. The summed E-state index contributed by atoms with van der Waals surface area (Å²) in [7, 11) is 0. The van der Waals surface area contributed by atoms with Crippen molar-refractivity contribution < 1.29 is 4.74 Å². The molecule has 82 valence electrons. The Morgan fingerprint density at radius 1 is 1.31 bits per heavy atom. The van der Waals surface area contributed by atoms with Crippen molar-refractivity contribution in [2.75, 3.05) is 13.1 Å². The highest BCUT2D eigenvalue weighted by Gasteiger charge is 2.15. The van der Waals surface area contributed by atoms with Gasteiger partial charge in [-0.2, -0.15) is 0 Å². The Bertz CT molecular complexity index is 492. The van der Waals surface area contributed by atoms with Crippen LogP contribution >= 0.6 is 0 Å². The van der Waals surface area contributed by atoms with Gasteiger partial charge in [-0.3, -0.25) is 4.98 Å². The van der Waals surface area contributed by atoms with Crippen LogP contribution in [0.3, 0.4) is 0 Å². The minimum atomic E-state index is 0.307. The van der Waals surface area contributed by atoms with Crippen molar-refractivity contribution in [2.45, 2.75) is 12.5 Å². The lowest BCUT2D eigenvalue weighted by molar-refractivity contribution is 0.223. The van der Waals surface area contributed by atoms with Gasteiger partial charge in [0.15, 0.2) is 0 Å². The molecular formula is C13H14N2O. The minimum absolute atomic E-state index is 0.307. The molecule has 1 fully saturated rings. The number of ether oxygens (including phenoxy) is 1. The van der Waals surface area contributed by atoms with Crippen LogP contribution in [0.15, 0.2) is 36.5 Å². The van der Waals surface area contributed by atoms with Crippen LogP contribution in [0.2, 0.25) is 0 Å². The Morgan fingerprint density at radius 2 is 2.31 bits per heavy atom. The molecule has 1 atom stereocenters. The molecule has 1 N–H and O–H groups in total. The first-order chi connectivity index (χ1) is 7.92. The second-order valence-electron chi connectivity index (χ2n) is 4.09. The summed E-state index contributed by atoms with van der Waals surface area (Å²) in [5, 5.41) is 4.44. The van der Waals surface area contributed by atoms with Gasteiger partial charge in [-0.25, -0.2) is 0 Å². The molecule has 0 saturated carbocycles. The van der Waals surface area contributed by atoms with Gasteiger partial charge in [-0.05, 0) is 31.2 Å². The third kappa shape index (κ3) is 1.86. The van der Waals surface area contributed by atoms with E-state index in [1.807, 2.05) is 24.4 Å². The number of hydrogen-bond donors (Lipinski definition) is 1. The number of rotatable bonds is 2. The summed E-state index contributed by atoms with van der Waals surface area (Å²) in [5.41, 5.74) is 0.992. The van der Waals surface area contributed by atoms with E-state index in [9.17, 15) is 0 Å². The molecule has 3 rings (SSSR count). The Hall–Kier alpha value is -1.61. The number of hydrogen-bond acceptors (Lipinski definition) is 3. The molecular weight excluding hydrogens is 200 g/mol. The quantitative estimate of drug-likeness (QED) is 0.830. The molecule has 1 saturated heterocycles. The fourth-order valence-corrected chi connectivity index (χ4v) is 2.04. The number of fused-ring (bicyclic) bond motifs is 1. The SMILES string of the molecule is c1cnc2cc(OC3CCNC3)ccc2c1. The van der Waals surface area contributed by atoms with E-state index in [2.05, 4.69) is 22.4 Å². The van der Waals surface area contributed by atoms with Gasteiger partial charge in [0.1, 0.15) is 11.9 Å². The maximum atomic E-state index is 5.88. The monoisotopic (exact) mass is 214 g/mol.